The second-order valence-electron chi connectivity index (χ2n) is 4.18. The molecular weight excluding hydrogens is 380 g/mol. The predicted molar refractivity (Wildman–Crippen MR) is 80.3 cm³/mol. The number of carboxylic acid groups (broad SMARTS) is 1. The van der Waals surface area contributed by atoms with Gasteiger partial charge in [-0.25, -0.2) is 4.79 Å². The Morgan fingerprint density at radius 3 is 2.58 bits per heavy atom. The van der Waals surface area contributed by atoms with Gasteiger partial charge in [-0.15, -0.1) is 0 Å². The Morgan fingerprint density at radius 1 is 1.42 bits per heavy atom. The van der Waals surface area contributed by atoms with E-state index in [9.17, 15) is 9.59 Å². The summed E-state index contributed by atoms with van der Waals surface area (Å²) in [6.45, 7) is 1.81. The van der Waals surface area contributed by atoms with E-state index in [1.165, 1.54) is 6.07 Å². The smallest absolute Gasteiger partial charge is 0.337 e. The molecule has 1 aromatic rings. The fraction of sp³-hybridized carbons (Fsp3) is 0.333. The minimum Gasteiger partial charge on any atom is -0.478 e. The fourth-order valence-corrected chi connectivity index (χ4v) is 2.75. The van der Waals surface area contributed by atoms with Gasteiger partial charge in [0.25, 0.3) is 0 Å². The monoisotopic (exact) mass is 392 g/mol. The van der Waals surface area contributed by atoms with Crippen LogP contribution in [0.3, 0.4) is 0 Å². The molecule has 1 amide bonds. The van der Waals surface area contributed by atoms with Crippen LogP contribution in [0.2, 0.25) is 0 Å². The lowest BCUT2D eigenvalue weighted by molar-refractivity contribution is -0.116. The molecular formula is C12H14Br2N2O3. The molecule has 0 fully saturated rings. The van der Waals surface area contributed by atoms with Gasteiger partial charge in [0, 0.05) is 21.4 Å². The van der Waals surface area contributed by atoms with Crippen molar-refractivity contribution in [2.24, 2.45) is 5.73 Å². The van der Waals surface area contributed by atoms with E-state index in [1.54, 1.807) is 6.07 Å². The number of hydrogen-bond acceptors (Lipinski definition) is 3. The van der Waals surface area contributed by atoms with Gasteiger partial charge in [0.1, 0.15) is 0 Å². The van der Waals surface area contributed by atoms with Crippen LogP contribution in [0.4, 0.5) is 5.69 Å². The van der Waals surface area contributed by atoms with E-state index >= 15 is 0 Å². The first-order chi connectivity index (χ1) is 8.81. The third kappa shape index (κ3) is 4.93. The first-order valence-corrected chi connectivity index (χ1v) is 7.17. The maximum atomic E-state index is 11.7. The Bertz CT molecular complexity index is 504. The van der Waals surface area contributed by atoms with Crippen molar-refractivity contribution in [2.75, 3.05) is 5.32 Å². The largest absolute Gasteiger partial charge is 0.478 e. The summed E-state index contributed by atoms with van der Waals surface area (Å²) in [6.07, 6.45) is 0.793. The molecule has 0 aliphatic heterocycles. The number of benzene rings is 1. The number of anilines is 1. The third-order valence-electron chi connectivity index (χ3n) is 2.38. The summed E-state index contributed by atoms with van der Waals surface area (Å²) in [5.74, 6) is -1.37. The van der Waals surface area contributed by atoms with Crippen molar-refractivity contribution < 1.29 is 14.7 Å². The number of carbonyl (C=O) groups is 2. The Morgan fingerprint density at radius 2 is 2.05 bits per heavy atom. The lowest BCUT2D eigenvalue weighted by Crippen LogP contribution is -2.20. The molecule has 0 aliphatic rings. The molecule has 5 nitrogen and oxygen atoms in total. The standard InChI is InChI=1S/C12H14Br2N2O3/c1-6(15)2-3-10(17)16-11-8(12(18)19)4-7(13)5-9(11)14/h4-6H,2-3,15H2,1H3,(H,16,17)(H,18,19). The quantitative estimate of drug-likeness (QED) is 0.716. The zero-order chi connectivity index (χ0) is 14.6. The molecule has 0 aliphatic carbocycles. The van der Waals surface area contributed by atoms with Crippen molar-refractivity contribution >= 4 is 49.4 Å². The number of carbonyl (C=O) groups excluding carboxylic acids is 1. The van der Waals surface area contributed by atoms with Gasteiger partial charge in [0.05, 0.1) is 11.3 Å². The van der Waals surface area contributed by atoms with Crippen LogP contribution in [-0.2, 0) is 4.79 Å². The second kappa shape index (κ2) is 7.02. The molecule has 4 N–H and O–H groups in total. The predicted octanol–water partition coefficient (Wildman–Crippen LogP) is 2.98. The van der Waals surface area contributed by atoms with Gasteiger partial charge in [-0.05, 0) is 41.4 Å². The fourth-order valence-electron chi connectivity index (χ4n) is 1.43. The highest BCUT2D eigenvalue weighted by Gasteiger charge is 2.16. The summed E-state index contributed by atoms with van der Waals surface area (Å²) in [5, 5.41) is 11.7. The van der Waals surface area contributed by atoms with Crippen molar-refractivity contribution in [3.8, 4) is 0 Å². The Hall–Kier alpha value is -0.920. The van der Waals surface area contributed by atoms with Crippen LogP contribution >= 0.6 is 31.9 Å². The second-order valence-corrected chi connectivity index (χ2v) is 5.95. The highest BCUT2D eigenvalue weighted by molar-refractivity contribution is 9.11. The van der Waals surface area contributed by atoms with Crippen molar-refractivity contribution in [3.63, 3.8) is 0 Å². The summed E-state index contributed by atoms with van der Waals surface area (Å²) < 4.78 is 1.12. The lowest BCUT2D eigenvalue weighted by atomic mass is 10.1. The van der Waals surface area contributed by atoms with Gasteiger partial charge < -0.3 is 16.2 Å². The van der Waals surface area contributed by atoms with E-state index in [0.717, 1.165) is 0 Å². The van der Waals surface area contributed by atoms with E-state index in [-0.39, 0.29) is 29.6 Å². The van der Waals surface area contributed by atoms with Crippen LogP contribution in [0.25, 0.3) is 0 Å². The Kier molecular flexibility index (Phi) is 5.96. The summed E-state index contributed by atoms with van der Waals surface area (Å²) >= 11 is 6.45. The van der Waals surface area contributed by atoms with Crippen molar-refractivity contribution in [1.82, 2.24) is 0 Å². The van der Waals surface area contributed by atoms with Gasteiger partial charge >= 0.3 is 5.97 Å². The van der Waals surface area contributed by atoms with Crippen LogP contribution in [-0.4, -0.2) is 23.0 Å². The van der Waals surface area contributed by atoms with Gasteiger partial charge in [0.2, 0.25) is 5.91 Å². The van der Waals surface area contributed by atoms with Crippen molar-refractivity contribution in [1.29, 1.82) is 0 Å². The molecule has 1 rings (SSSR count). The van der Waals surface area contributed by atoms with E-state index in [0.29, 0.717) is 15.4 Å². The molecule has 0 saturated heterocycles. The SMILES string of the molecule is CC(N)CCC(=O)Nc1c(Br)cc(Br)cc1C(=O)O. The first kappa shape index (κ1) is 16.1. The minimum atomic E-state index is -1.11. The molecule has 104 valence electrons. The first-order valence-electron chi connectivity index (χ1n) is 5.59. The van der Waals surface area contributed by atoms with Crippen molar-refractivity contribution in [3.05, 3.63) is 26.6 Å². The number of halogens is 2. The number of hydrogen-bond donors (Lipinski definition) is 3. The number of amides is 1. The zero-order valence-electron chi connectivity index (χ0n) is 10.2. The van der Waals surface area contributed by atoms with Gasteiger partial charge in [0.15, 0.2) is 0 Å². The summed E-state index contributed by atoms with van der Waals surface area (Å²) in [7, 11) is 0. The molecule has 1 unspecified atom stereocenters. The number of aromatic carboxylic acids is 1. The number of rotatable bonds is 5. The molecule has 0 spiro atoms. The van der Waals surface area contributed by atoms with Crippen LogP contribution in [0.15, 0.2) is 21.1 Å². The van der Waals surface area contributed by atoms with Crippen LogP contribution in [0, 0.1) is 0 Å². The molecule has 1 aromatic carbocycles. The molecule has 1 atom stereocenters. The molecule has 0 aromatic heterocycles. The van der Waals surface area contributed by atoms with Crippen molar-refractivity contribution in [2.45, 2.75) is 25.8 Å². The molecule has 0 heterocycles. The Labute approximate surface area is 127 Å². The maximum Gasteiger partial charge on any atom is 0.337 e. The van der Waals surface area contributed by atoms with Crippen LogP contribution < -0.4 is 11.1 Å². The lowest BCUT2D eigenvalue weighted by Gasteiger charge is -2.12. The average molecular weight is 394 g/mol. The van der Waals surface area contributed by atoms with E-state index in [4.69, 9.17) is 10.8 Å². The highest BCUT2D eigenvalue weighted by atomic mass is 79.9. The van der Waals surface area contributed by atoms with Crippen LogP contribution in [0.1, 0.15) is 30.1 Å². The summed E-state index contributed by atoms with van der Waals surface area (Å²) in [5.41, 5.74) is 5.85. The normalized spacial score (nSPS) is 12.0. The highest BCUT2D eigenvalue weighted by Crippen LogP contribution is 2.31. The summed E-state index contributed by atoms with van der Waals surface area (Å²) in [4.78, 5) is 22.9. The molecule has 7 heteroatoms. The zero-order valence-corrected chi connectivity index (χ0v) is 13.4. The third-order valence-corrected chi connectivity index (χ3v) is 3.46. The van der Waals surface area contributed by atoms with E-state index < -0.39 is 5.97 Å². The molecule has 0 saturated carbocycles. The number of nitrogens with one attached hydrogen (secondary N) is 1. The average Bonchev–Trinajstić information content (AvgIpc) is 2.29. The van der Waals surface area contributed by atoms with Crippen LogP contribution in [0.5, 0.6) is 0 Å². The molecule has 19 heavy (non-hydrogen) atoms. The Balaban J connectivity index is 2.94. The number of carboxylic acids is 1. The van der Waals surface area contributed by atoms with E-state index in [1.807, 2.05) is 6.92 Å². The molecule has 0 bridgehead atoms. The van der Waals surface area contributed by atoms with Gasteiger partial charge in [-0.3, -0.25) is 4.79 Å². The summed E-state index contributed by atoms with van der Waals surface area (Å²) in [6, 6.07) is 3.04. The van der Waals surface area contributed by atoms with E-state index in [2.05, 4.69) is 37.2 Å². The minimum absolute atomic E-state index is 0.0235. The molecule has 0 radical (unpaired) electrons. The van der Waals surface area contributed by atoms with Gasteiger partial charge in [-0.2, -0.15) is 0 Å². The topological polar surface area (TPSA) is 92.4 Å². The number of nitrogens with two attached hydrogens (primary N) is 1. The maximum absolute atomic E-state index is 11.7. The van der Waals surface area contributed by atoms with Gasteiger partial charge in [-0.1, -0.05) is 15.9 Å².